The lowest BCUT2D eigenvalue weighted by molar-refractivity contribution is -0.136. The fourth-order valence-electron chi connectivity index (χ4n) is 2.28. The lowest BCUT2D eigenvalue weighted by atomic mass is 9.77. The van der Waals surface area contributed by atoms with Gasteiger partial charge < -0.3 is 15.5 Å². The Labute approximate surface area is 109 Å². The molecule has 1 heterocycles. The molecule has 1 atom stereocenters. The first-order chi connectivity index (χ1) is 8.55. The molecule has 104 valence electrons. The van der Waals surface area contributed by atoms with Crippen molar-refractivity contribution in [3.8, 4) is 0 Å². The molecule has 0 aromatic heterocycles. The Kier molecular flexibility index (Phi) is 5.59. The SMILES string of the molecule is CCN(C)C(=O)CNC(=O)C1(CC)CCCNC1. The summed E-state index contributed by atoms with van der Waals surface area (Å²) in [6.45, 7) is 6.41. The number of hydrogen-bond donors (Lipinski definition) is 2. The van der Waals surface area contributed by atoms with E-state index >= 15 is 0 Å². The van der Waals surface area contributed by atoms with Crippen LogP contribution in [0.2, 0.25) is 0 Å². The molecule has 0 aromatic rings. The third-order valence-corrected chi connectivity index (χ3v) is 3.93. The number of piperidine rings is 1. The fraction of sp³-hybridized carbons (Fsp3) is 0.846. The molecule has 0 radical (unpaired) electrons. The molecule has 0 aromatic carbocycles. The predicted octanol–water partition coefficient (Wildman–Crippen LogP) is 0.361. The van der Waals surface area contributed by atoms with Gasteiger partial charge in [-0.2, -0.15) is 0 Å². The van der Waals surface area contributed by atoms with E-state index in [0.717, 1.165) is 25.8 Å². The number of hydrogen-bond acceptors (Lipinski definition) is 3. The molecule has 0 saturated carbocycles. The zero-order chi connectivity index (χ0) is 13.6. The summed E-state index contributed by atoms with van der Waals surface area (Å²) >= 11 is 0. The second kappa shape index (κ2) is 6.73. The largest absolute Gasteiger partial charge is 0.347 e. The van der Waals surface area contributed by atoms with E-state index in [1.165, 1.54) is 0 Å². The van der Waals surface area contributed by atoms with Crippen molar-refractivity contribution in [2.75, 3.05) is 33.2 Å². The van der Waals surface area contributed by atoms with Crippen LogP contribution in [0.5, 0.6) is 0 Å². The number of rotatable bonds is 5. The predicted molar refractivity (Wildman–Crippen MR) is 71.1 cm³/mol. The molecular formula is C13H25N3O2. The van der Waals surface area contributed by atoms with Gasteiger partial charge in [0.25, 0.3) is 0 Å². The maximum Gasteiger partial charge on any atom is 0.241 e. The highest BCUT2D eigenvalue weighted by molar-refractivity contribution is 5.88. The van der Waals surface area contributed by atoms with Gasteiger partial charge in [-0.25, -0.2) is 0 Å². The van der Waals surface area contributed by atoms with Crippen molar-refractivity contribution >= 4 is 11.8 Å². The smallest absolute Gasteiger partial charge is 0.241 e. The van der Waals surface area contributed by atoms with Crippen LogP contribution in [0.1, 0.15) is 33.1 Å². The highest BCUT2D eigenvalue weighted by atomic mass is 16.2. The lowest BCUT2D eigenvalue weighted by Gasteiger charge is -2.35. The zero-order valence-corrected chi connectivity index (χ0v) is 11.7. The van der Waals surface area contributed by atoms with Crippen LogP contribution in [0, 0.1) is 5.41 Å². The quantitative estimate of drug-likeness (QED) is 0.746. The molecule has 1 saturated heterocycles. The van der Waals surface area contributed by atoms with Crippen LogP contribution in [-0.4, -0.2) is 49.9 Å². The van der Waals surface area contributed by atoms with Gasteiger partial charge in [-0.05, 0) is 32.7 Å². The van der Waals surface area contributed by atoms with Crippen molar-refractivity contribution in [2.45, 2.75) is 33.1 Å². The van der Waals surface area contributed by atoms with E-state index in [4.69, 9.17) is 0 Å². The van der Waals surface area contributed by atoms with Gasteiger partial charge in [0.05, 0.1) is 12.0 Å². The molecule has 0 aliphatic carbocycles. The minimum absolute atomic E-state index is 0.00931. The number of nitrogens with zero attached hydrogens (tertiary/aromatic N) is 1. The Morgan fingerprint density at radius 1 is 1.39 bits per heavy atom. The molecule has 0 spiro atoms. The molecule has 1 aliphatic heterocycles. The van der Waals surface area contributed by atoms with Crippen molar-refractivity contribution in [3.63, 3.8) is 0 Å². The molecule has 2 amide bonds. The minimum atomic E-state index is -0.330. The van der Waals surface area contributed by atoms with E-state index in [0.29, 0.717) is 13.1 Å². The van der Waals surface area contributed by atoms with Crippen LogP contribution < -0.4 is 10.6 Å². The molecule has 18 heavy (non-hydrogen) atoms. The standard InChI is InChI=1S/C13H25N3O2/c1-4-13(7-6-8-14-10-13)12(18)15-9-11(17)16(3)5-2/h14H,4-10H2,1-3H3,(H,15,18). The van der Waals surface area contributed by atoms with Gasteiger partial charge >= 0.3 is 0 Å². The Hall–Kier alpha value is -1.10. The number of carbonyl (C=O) groups excluding carboxylic acids is 2. The van der Waals surface area contributed by atoms with Crippen LogP contribution in [0.3, 0.4) is 0 Å². The number of carbonyl (C=O) groups is 2. The first-order valence-corrected chi connectivity index (χ1v) is 6.78. The van der Waals surface area contributed by atoms with Gasteiger partial charge in [0.2, 0.25) is 11.8 Å². The number of nitrogens with one attached hydrogen (secondary N) is 2. The summed E-state index contributed by atoms with van der Waals surface area (Å²) < 4.78 is 0. The third-order valence-electron chi connectivity index (χ3n) is 3.93. The third kappa shape index (κ3) is 3.45. The van der Waals surface area contributed by atoms with Crippen molar-refractivity contribution in [2.24, 2.45) is 5.41 Å². The van der Waals surface area contributed by atoms with Crippen LogP contribution >= 0.6 is 0 Å². The average Bonchev–Trinajstić information content (AvgIpc) is 2.43. The van der Waals surface area contributed by atoms with Crippen molar-refractivity contribution in [1.29, 1.82) is 0 Å². The molecule has 5 heteroatoms. The van der Waals surface area contributed by atoms with E-state index in [1.54, 1.807) is 11.9 Å². The van der Waals surface area contributed by atoms with Gasteiger partial charge in [-0.1, -0.05) is 6.92 Å². The summed E-state index contributed by atoms with van der Waals surface area (Å²) in [5.74, 6) is -0.0316. The normalized spacial score (nSPS) is 23.5. The van der Waals surface area contributed by atoms with E-state index in [2.05, 4.69) is 10.6 Å². The topological polar surface area (TPSA) is 61.4 Å². The highest BCUT2D eigenvalue weighted by Crippen LogP contribution is 2.30. The van der Waals surface area contributed by atoms with Crippen LogP contribution in [0.4, 0.5) is 0 Å². The van der Waals surface area contributed by atoms with Crippen LogP contribution in [0.15, 0.2) is 0 Å². The molecular weight excluding hydrogens is 230 g/mol. The lowest BCUT2D eigenvalue weighted by Crippen LogP contribution is -2.51. The van der Waals surface area contributed by atoms with Gasteiger partial charge in [0.1, 0.15) is 0 Å². The Morgan fingerprint density at radius 3 is 2.61 bits per heavy atom. The summed E-state index contributed by atoms with van der Waals surface area (Å²) in [4.78, 5) is 25.5. The van der Waals surface area contributed by atoms with Gasteiger partial charge in [-0.3, -0.25) is 9.59 Å². The van der Waals surface area contributed by atoms with Crippen molar-refractivity contribution in [1.82, 2.24) is 15.5 Å². The monoisotopic (exact) mass is 255 g/mol. The fourth-order valence-corrected chi connectivity index (χ4v) is 2.28. The molecule has 2 N–H and O–H groups in total. The van der Waals surface area contributed by atoms with E-state index in [9.17, 15) is 9.59 Å². The zero-order valence-electron chi connectivity index (χ0n) is 11.7. The molecule has 1 rings (SSSR count). The van der Waals surface area contributed by atoms with Gasteiger partial charge in [0.15, 0.2) is 0 Å². The average molecular weight is 255 g/mol. The minimum Gasteiger partial charge on any atom is -0.347 e. The molecule has 0 bridgehead atoms. The van der Waals surface area contributed by atoms with E-state index in [-0.39, 0.29) is 23.8 Å². The summed E-state index contributed by atoms with van der Waals surface area (Å²) in [6, 6.07) is 0. The summed E-state index contributed by atoms with van der Waals surface area (Å²) in [6.07, 6.45) is 2.73. The van der Waals surface area contributed by atoms with Crippen LogP contribution in [0.25, 0.3) is 0 Å². The molecule has 5 nitrogen and oxygen atoms in total. The van der Waals surface area contributed by atoms with Gasteiger partial charge in [0, 0.05) is 20.1 Å². The van der Waals surface area contributed by atoms with E-state index < -0.39 is 0 Å². The summed E-state index contributed by atoms with van der Waals surface area (Å²) in [5.41, 5.74) is -0.330. The first-order valence-electron chi connectivity index (χ1n) is 6.78. The molecule has 1 fully saturated rings. The number of likely N-dealkylation sites (N-methyl/N-ethyl adjacent to an activating group) is 1. The van der Waals surface area contributed by atoms with Gasteiger partial charge in [-0.15, -0.1) is 0 Å². The highest BCUT2D eigenvalue weighted by Gasteiger charge is 2.37. The Morgan fingerprint density at radius 2 is 2.11 bits per heavy atom. The molecule has 1 unspecified atom stereocenters. The summed E-state index contributed by atoms with van der Waals surface area (Å²) in [7, 11) is 1.74. The van der Waals surface area contributed by atoms with Crippen molar-refractivity contribution < 1.29 is 9.59 Å². The second-order valence-corrected chi connectivity index (χ2v) is 5.00. The number of amides is 2. The van der Waals surface area contributed by atoms with Crippen LogP contribution in [-0.2, 0) is 9.59 Å². The Balaban J connectivity index is 2.50. The maximum atomic E-state index is 12.2. The molecule has 1 aliphatic rings. The van der Waals surface area contributed by atoms with Crippen molar-refractivity contribution in [3.05, 3.63) is 0 Å². The van der Waals surface area contributed by atoms with E-state index in [1.807, 2.05) is 13.8 Å². The summed E-state index contributed by atoms with van der Waals surface area (Å²) in [5, 5.41) is 6.06. The first kappa shape index (κ1) is 15.0. The maximum absolute atomic E-state index is 12.2. The Bertz CT molecular complexity index is 299. The second-order valence-electron chi connectivity index (χ2n) is 5.00.